The van der Waals surface area contributed by atoms with Crippen LogP contribution < -0.4 is 5.32 Å². The molecule has 1 fully saturated rings. The fourth-order valence-corrected chi connectivity index (χ4v) is 4.16. The summed E-state index contributed by atoms with van der Waals surface area (Å²) in [5, 5.41) is 2.40. The minimum absolute atomic E-state index is 0.0515. The molecule has 1 aromatic carbocycles. The number of allylic oxidation sites excluding steroid dienone is 12. The van der Waals surface area contributed by atoms with Crippen molar-refractivity contribution in [3.05, 3.63) is 109 Å². The maximum Gasteiger partial charge on any atom is 0.246 e. The highest BCUT2D eigenvalue weighted by molar-refractivity contribution is 5.97. The first-order valence-corrected chi connectivity index (χ1v) is 14.2. The fourth-order valence-electron chi connectivity index (χ4n) is 4.16. The Hall–Kier alpha value is -3.73. The number of nitrogens with one attached hydrogen (secondary N) is 1. The monoisotopic (exact) mass is 528 g/mol. The molecule has 0 radical (unpaired) electrons. The van der Waals surface area contributed by atoms with E-state index in [1.807, 2.05) is 42.5 Å². The molecule has 208 valence electrons. The highest BCUT2D eigenvalue weighted by Gasteiger charge is 2.31. The summed E-state index contributed by atoms with van der Waals surface area (Å²) >= 11 is 0. The number of nitrogens with zero attached hydrogens (tertiary/aromatic N) is 1. The second-order valence-electron chi connectivity index (χ2n) is 9.51. The van der Waals surface area contributed by atoms with Gasteiger partial charge in [-0.3, -0.25) is 19.7 Å². The molecule has 1 aromatic rings. The van der Waals surface area contributed by atoms with Crippen LogP contribution in [-0.4, -0.2) is 35.7 Å². The van der Waals surface area contributed by atoms with Gasteiger partial charge in [-0.1, -0.05) is 110 Å². The van der Waals surface area contributed by atoms with E-state index in [2.05, 4.69) is 73.0 Å². The Balaban J connectivity index is 1.49. The zero-order chi connectivity index (χ0) is 28.0. The van der Waals surface area contributed by atoms with Crippen molar-refractivity contribution >= 4 is 17.7 Å². The van der Waals surface area contributed by atoms with E-state index in [1.54, 1.807) is 0 Å². The van der Waals surface area contributed by atoms with Crippen molar-refractivity contribution in [2.75, 3.05) is 13.1 Å². The molecule has 3 amide bonds. The SMILES string of the molecule is CC/C=C\C/C=C\C/C=C\C/C=C\C/C=C\C/C=C/CCC(=O)NC(=O)CN1CC(c2ccccc2)CC1=O. The molecule has 0 bridgehead atoms. The molecule has 1 aliphatic heterocycles. The molecular weight excluding hydrogens is 484 g/mol. The summed E-state index contributed by atoms with van der Waals surface area (Å²) in [7, 11) is 0. The molecule has 5 heteroatoms. The summed E-state index contributed by atoms with van der Waals surface area (Å²) in [6, 6.07) is 9.84. The molecule has 1 unspecified atom stereocenters. The average molecular weight is 529 g/mol. The molecule has 0 saturated carbocycles. The molecular formula is C34H44N2O3. The number of hydrogen-bond acceptors (Lipinski definition) is 3. The third-order valence-electron chi connectivity index (χ3n) is 6.23. The van der Waals surface area contributed by atoms with Crippen molar-refractivity contribution < 1.29 is 14.4 Å². The van der Waals surface area contributed by atoms with Crippen molar-refractivity contribution in [2.24, 2.45) is 0 Å². The molecule has 5 nitrogen and oxygen atoms in total. The van der Waals surface area contributed by atoms with Gasteiger partial charge >= 0.3 is 0 Å². The molecule has 0 aliphatic carbocycles. The van der Waals surface area contributed by atoms with Crippen LogP contribution in [0.25, 0.3) is 0 Å². The van der Waals surface area contributed by atoms with Crippen molar-refractivity contribution in [1.82, 2.24) is 10.2 Å². The van der Waals surface area contributed by atoms with E-state index >= 15 is 0 Å². The maximum absolute atomic E-state index is 12.3. The molecule has 39 heavy (non-hydrogen) atoms. The van der Waals surface area contributed by atoms with Crippen molar-refractivity contribution in [3.63, 3.8) is 0 Å². The van der Waals surface area contributed by atoms with Gasteiger partial charge in [-0.15, -0.1) is 0 Å². The van der Waals surface area contributed by atoms with Gasteiger partial charge in [0, 0.05) is 25.3 Å². The topological polar surface area (TPSA) is 66.5 Å². The zero-order valence-electron chi connectivity index (χ0n) is 23.3. The number of hydrogen-bond donors (Lipinski definition) is 1. The van der Waals surface area contributed by atoms with E-state index < -0.39 is 5.91 Å². The minimum Gasteiger partial charge on any atom is -0.333 e. The van der Waals surface area contributed by atoms with Crippen molar-refractivity contribution in [2.45, 2.75) is 70.6 Å². The van der Waals surface area contributed by atoms with Gasteiger partial charge < -0.3 is 4.90 Å². The highest BCUT2D eigenvalue weighted by atomic mass is 16.2. The zero-order valence-corrected chi connectivity index (χ0v) is 23.3. The standard InChI is InChI=1S/C34H44N2O3/c1-2-3-4-5-6-7-8-9-10-11-12-13-14-15-16-17-18-19-23-26-32(37)35-33(38)29-36-28-31(27-34(36)39)30-24-21-20-22-25-30/h3-4,6-7,9-10,12-13,15-16,18-22,24-25,31H,2,5,8,11,14,17,23,26-29H2,1H3,(H,35,37,38)/b4-3-,7-6-,10-9-,13-12-,16-15-,19-18+. The predicted octanol–water partition coefficient (Wildman–Crippen LogP) is 7.12. The van der Waals surface area contributed by atoms with Crippen molar-refractivity contribution in [1.29, 1.82) is 0 Å². The maximum atomic E-state index is 12.3. The van der Waals surface area contributed by atoms with Gasteiger partial charge in [-0.25, -0.2) is 0 Å². The normalized spacial score (nSPS) is 16.4. The number of carbonyl (C=O) groups is 3. The minimum atomic E-state index is -0.426. The lowest BCUT2D eigenvalue weighted by atomic mass is 9.99. The fraction of sp³-hybridized carbons (Fsp3) is 0.382. The van der Waals surface area contributed by atoms with Gasteiger partial charge in [-0.2, -0.15) is 0 Å². The van der Waals surface area contributed by atoms with Crippen LogP contribution in [-0.2, 0) is 14.4 Å². The molecule has 1 heterocycles. The van der Waals surface area contributed by atoms with Crippen LogP contribution in [0.2, 0.25) is 0 Å². The third kappa shape index (κ3) is 14.7. The molecule has 1 atom stereocenters. The summed E-state index contributed by atoms with van der Waals surface area (Å²) in [4.78, 5) is 38.1. The van der Waals surface area contributed by atoms with E-state index in [4.69, 9.17) is 0 Å². The number of imide groups is 1. The van der Waals surface area contributed by atoms with E-state index in [-0.39, 0.29) is 30.7 Å². The number of carbonyl (C=O) groups excluding carboxylic acids is 3. The number of likely N-dealkylation sites (tertiary alicyclic amines) is 1. The molecule has 2 rings (SSSR count). The first-order chi connectivity index (χ1) is 19.1. The lowest BCUT2D eigenvalue weighted by Gasteiger charge is -2.16. The molecule has 1 aliphatic rings. The molecule has 0 aromatic heterocycles. The van der Waals surface area contributed by atoms with Gasteiger partial charge in [0.15, 0.2) is 0 Å². The molecule has 0 spiro atoms. The summed E-state index contributed by atoms with van der Waals surface area (Å²) in [5.41, 5.74) is 1.10. The van der Waals surface area contributed by atoms with Crippen LogP contribution in [0.15, 0.2) is 103 Å². The number of rotatable bonds is 17. The number of benzene rings is 1. The third-order valence-corrected chi connectivity index (χ3v) is 6.23. The van der Waals surface area contributed by atoms with Crippen LogP contribution in [0.5, 0.6) is 0 Å². The Morgan fingerprint density at radius 2 is 1.28 bits per heavy atom. The lowest BCUT2D eigenvalue weighted by molar-refractivity contribution is -0.136. The summed E-state index contributed by atoms with van der Waals surface area (Å²) in [5.74, 6) is -0.699. The van der Waals surface area contributed by atoms with Crippen LogP contribution in [0, 0.1) is 0 Å². The van der Waals surface area contributed by atoms with E-state index in [1.165, 1.54) is 4.90 Å². The van der Waals surface area contributed by atoms with E-state index in [9.17, 15) is 14.4 Å². The van der Waals surface area contributed by atoms with Gasteiger partial charge in [-0.05, 0) is 50.5 Å². The second kappa shape index (κ2) is 20.3. The Bertz CT molecular complexity index is 1050. The summed E-state index contributed by atoms with van der Waals surface area (Å²) in [6.45, 7) is 2.57. The Morgan fingerprint density at radius 3 is 1.82 bits per heavy atom. The van der Waals surface area contributed by atoms with Crippen molar-refractivity contribution in [3.8, 4) is 0 Å². The smallest absolute Gasteiger partial charge is 0.246 e. The van der Waals surface area contributed by atoms with E-state index in [0.717, 1.165) is 44.1 Å². The van der Waals surface area contributed by atoms with Crippen LogP contribution in [0.3, 0.4) is 0 Å². The Morgan fingerprint density at radius 1 is 0.769 bits per heavy atom. The van der Waals surface area contributed by atoms with Gasteiger partial charge in [0.1, 0.15) is 0 Å². The quantitative estimate of drug-likeness (QED) is 0.219. The van der Waals surface area contributed by atoms with Crippen LogP contribution >= 0.6 is 0 Å². The summed E-state index contributed by atoms with van der Waals surface area (Å²) in [6.07, 6.45) is 32.7. The number of amides is 3. The second-order valence-corrected chi connectivity index (χ2v) is 9.51. The lowest BCUT2D eigenvalue weighted by Crippen LogP contribution is -2.40. The first-order valence-electron chi connectivity index (χ1n) is 14.2. The van der Waals surface area contributed by atoms with E-state index in [0.29, 0.717) is 19.4 Å². The largest absolute Gasteiger partial charge is 0.333 e. The summed E-state index contributed by atoms with van der Waals surface area (Å²) < 4.78 is 0. The van der Waals surface area contributed by atoms with Gasteiger partial charge in [0.05, 0.1) is 6.54 Å². The Labute approximate surface area is 234 Å². The average Bonchev–Trinajstić information content (AvgIpc) is 3.30. The van der Waals surface area contributed by atoms with Gasteiger partial charge in [0.25, 0.3) is 0 Å². The predicted molar refractivity (Wildman–Crippen MR) is 161 cm³/mol. The van der Waals surface area contributed by atoms with Crippen LogP contribution in [0.1, 0.15) is 76.2 Å². The molecule has 1 saturated heterocycles. The molecule has 1 N–H and O–H groups in total. The highest BCUT2D eigenvalue weighted by Crippen LogP contribution is 2.27. The van der Waals surface area contributed by atoms with Crippen LogP contribution in [0.4, 0.5) is 0 Å². The Kier molecular flexibility index (Phi) is 16.4. The van der Waals surface area contributed by atoms with Gasteiger partial charge in [0.2, 0.25) is 17.7 Å². The first kappa shape index (κ1) is 31.5.